The van der Waals surface area contributed by atoms with Crippen molar-refractivity contribution >= 4 is 46.4 Å². The molecule has 24 heavy (non-hydrogen) atoms. The SMILES string of the molecule is N#Cc1cc(-c2ccc(Cl)cc2Cl)ncc1-c1ccc(Cl)cc1Cl. The Morgan fingerprint density at radius 2 is 1.33 bits per heavy atom. The number of nitrogens with zero attached hydrogens (tertiary/aromatic N) is 2. The van der Waals surface area contributed by atoms with E-state index in [2.05, 4.69) is 11.1 Å². The maximum Gasteiger partial charge on any atom is 0.0999 e. The van der Waals surface area contributed by atoms with Crippen LogP contribution in [0.3, 0.4) is 0 Å². The van der Waals surface area contributed by atoms with Gasteiger partial charge in [0.15, 0.2) is 0 Å². The predicted molar refractivity (Wildman–Crippen MR) is 99.9 cm³/mol. The maximum atomic E-state index is 9.51. The summed E-state index contributed by atoms with van der Waals surface area (Å²) in [4.78, 5) is 4.42. The molecule has 0 atom stereocenters. The van der Waals surface area contributed by atoms with Gasteiger partial charge in [-0.05, 0) is 36.4 Å². The Hall–Kier alpha value is -1.76. The van der Waals surface area contributed by atoms with E-state index in [0.29, 0.717) is 48.0 Å². The standard InChI is InChI=1S/C18H8Cl4N2/c19-11-1-3-13(16(21)6-11)15-9-24-18(5-10(15)8-23)14-4-2-12(20)7-17(14)22/h1-7,9H. The van der Waals surface area contributed by atoms with E-state index in [4.69, 9.17) is 46.4 Å². The lowest BCUT2D eigenvalue weighted by Crippen LogP contribution is -1.92. The molecule has 0 aliphatic heterocycles. The molecule has 0 aliphatic rings. The predicted octanol–water partition coefficient (Wildman–Crippen LogP) is 6.90. The van der Waals surface area contributed by atoms with Gasteiger partial charge in [0.1, 0.15) is 0 Å². The number of rotatable bonds is 2. The highest BCUT2D eigenvalue weighted by Gasteiger charge is 2.13. The lowest BCUT2D eigenvalue weighted by Gasteiger charge is -2.10. The summed E-state index contributed by atoms with van der Waals surface area (Å²) < 4.78 is 0. The molecular formula is C18H8Cl4N2. The van der Waals surface area contributed by atoms with E-state index in [1.54, 1.807) is 48.7 Å². The van der Waals surface area contributed by atoms with Gasteiger partial charge in [-0.3, -0.25) is 4.98 Å². The van der Waals surface area contributed by atoms with E-state index in [9.17, 15) is 5.26 Å². The first-order valence-electron chi connectivity index (χ1n) is 6.80. The molecule has 0 saturated carbocycles. The van der Waals surface area contributed by atoms with Gasteiger partial charge in [-0.15, -0.1) is 0 Å². The Labute approximate surface area is 159 Å². The lowest BCUT2D eigenvalue weighted by molar-refractivity contribution is 1.31. The Morgan fingerprint density at radius 1 is 0.750 bits per heavy atom. The van der Waals surface area contributed by atoms with Gasteiger partial charge >= 0.3 is 0 Å². The highest BCUT2D eigenvalue weighted by molar-refractivity contribution is 6.37. The van der Waals surface area contributed by atoms with Crippen LogP contribution in [0.1, 0.15) is 5.56 Å². The van der Waals surface area contributed by atoms with Gasteiger partial charge in [0.25, 0.3) is 0 Å². The summed E-state index contributed by atoms with van der Waals surface area (Å²) in [6.07, 6.45) is 1.61. The average molecular weight is 394 g/mol. The lowest BCUT2D eigenvalue weighted by atomic mass is 10.0. The molecule has 118 valence electrons. The second-order valence-corrected chi connectivity index (χ2v) is 6.66. The van der Waals surface area contributed by atoms with Crippen LogP contribution in [0.5, 0.6) is 0 Å². The highest BCUT2D eigenvalue weighted by Crippen LogP contribution is 2.35. The van der Waals surface area contributed by atoms with Crippen LogP contribution in [0, 0.1) is 11.3 Å². The van der Waals surface area contributed by atoms with Gasteiger partial charge in [0.05, 0.1) is 22.3 Å². The Balaban J connectivity index is 2.14. The normalized spacial score (nSPS) is 10.5. The monoisotopic (exact) mass is 392 g/mol. The van der Waals surface area contributed by atoms with Crippen molar-refractivity contribution in [1.82, 2.24) is 4.98 Å². The molecule has 2 aromatic carbocycles. The van der Waals surface area contributed by atoms with Crippen LogP contribution in [0.25, 0.3) is 22.4 Å². The quantitative estimate of drug-likeness (QED) is 0.474. The van der Waals surface area contributed by atoms with Crippen molar-refractivity contribution in [1.29, 1.82) is 5.26 Å². The van der Waals surface area contributed by atoms with E-state index in [-0.39, 0.29) is 0 Å². The van der Waals surface area contributed by atoms with Crippen LogP contribution in [0.15, 0.2) is 48.7 Å². The molecule has 0 N–H and O–H groups in total. The van der Waals surface area contributed by atoms with E-state index in [0.717, 1.165) is 0 Å². The minimum Gasteiger partial charge on any atom is -0.255 e. The van der Waals surface area contributed by atoms with Gasteiger partial charge < -0.3 is 0 Å². The highest BCUT2D eigenvalue weighted by atomic mass is 35.5. The molecular weight excluding hydrogens is 386 g/mol. The number of aromatic nitrogens is 1. The molecule has 0 unspecified atom stereocenters. The number of benzene rings is 2. The van der Waals surface area contributed by atoms with Crippen molar-refractivity contribution in [2.75, 3.05) is 0 Å². The second kappa shape index (κ2) is 7.01. The van der Waals surface area contributed by atoms with Crippen LogP contribution in [-0.2, 0) is 0 Å². The average Bonchev–Trinajstić information content (AvgIpc) is 2.55. The van der Waals surface area contributed by atoms with E-state index >= 15 is 0 Å². The minimum atomic E-state index is 0.440. The van der Waals surface area contributed by atoms with E-state index < -0.39 is 0 Å². The van der Waals surface area contributed by atoms with Crippen LogP contribution in [0.2, 0.25) is 20.1 Å². The number of hydrogen-bond donors (Lipinski definition) is 0. The van der Waals surface area contributed by atoms with Crippen molar-refractivity contribution in [3.8, 4) is 28.5 Å². The number of nitriles is 1. The maximum absolute atomic E-state index is 9.51. The zero-order chi connectivity index (χ0) is 17.3. The van der Waals surface area contributed by atoms with Crippen LogP contribution >= 0.6 is 46.4 Å². The first-order valence-corrected chi connectivity index (χ1v) is 8.32. The topological polar surface area (TPSA) is 36.7 Å². The zero-order valence-corrected chi connectivity index (χ0v) is 15.0. The van der Waals surface area contributed by atoms with Crippen molar-refractivity contribution in [3.05, 3.63) is 74.3 Å². The molecule has 0 fully saturated rings. The first-order chi connectivity index (χ1) is 11.5. The largest absolute Gasteiger partial charge is 0.255 e. The van der Waals surface area contributed by atoms with Crippen LogP contribution < -0.4 is 0 Å². The number of halogens is 4. The van der Waals surface area contributed by atoms with Crippen LogP contribution in [-0.4, -0.2) is 4.98 Å². The molecule has 0 radical (unpaired) electrons. The minimum absolute atomic E-state index is 0.440. The summed E-state index contributed by atoms with van der Waals surface area (Å²) in [7, 11) is 0. The summed E-state index contributed by atoms with van der Waals surface area (Å²) in [5.74, 6) is 0. The summed E-state index contributed by atoms with van der Waals surface area (Å²) in [5.41, 5.74) is 3.05. The fourth-order valence-corrected chi connectivity index (χ4v) is 3.33. The molecule has 0 amide bonds. The molecule has 0 spiro atoms. The van der Waals surface area contributed by atoms with E-state index in [1.807, 2.05) is 0 Å². The summed E-state index contributed by atoms with van der Waals surface area (Å²) >= 11 is 24.3. The zero-order valence-electron chi connectivity index (χ0n) is 12.0. The molecule has 0 aliphatic carbocycles. The van der Waals surface area contributed by atoms with Gasteiger partial charge in [-0.2, -0.15) is 5.26 Å². The third-order valence-electron chi connectivity index (χ3n) is 3.45. The Bertz CT molecular complexity index is 977. The van der Waals surface area contributed by atoms with Crippen molar-refractivity contribution < 1.29 is 0 Å². The molecule has 0 saturated heterocycles. The van der Waals surface area contributed by atoms with Gasteiger partial charge in [0, 0.05) is 38.0 Å². The molecule has 0 bridgehead atoms. The molecule has 3 rings (SSSR count). The summed E-state index contributed by atoms with van der Waals surface area (Å²) in [6.45, 7) is 0. The molecule has 1 aromatic heterocycles. The second-order valence-electron chi connectivity index (χ2n) is 4.98. The van der Waals surface area contributed by atoms with E-state index in [1.165, 1.54) is 0 Å². The fraction of sp³-hybridized carbons (Fsp3) is 0. The van der Waals surface area contributed by atoms with Gasteiger partial charge in [-0.25, -0.2) is 0 Å². The molecule has 3 aromatic rings. The summed E-state index contributed by atoms with van der Waals surface area (Å²) in [6, 6.07) is 14.1. The van der Waals surface area contributed by atoms with Gasteiger partial charge in [0.2, 0.25) is 0 Å². The molecule has 6 heteroatoms. The number of pyridine rings is 1. The Morgan fingerprint density at radius 3 is 1.88 bits per heavy atom. The van der Waals surface area contributed by atoms with Crippen molar-refractivity contribution in [3.63, 3.8) is 0 Å². The first kappa shape index (κ1) is 17.1. The van der Waals surface area contributed by atoms with Crippen molar-refractivity contribution in [2.45, 2.75) is 0 Å². The fourth-order valence-electron chi connectivity index (χ4n) is 2.31. The third kappa shape index (κ3) is 3.36. The number of hydrogen-bond acceptors (Lipinski definition) is 2. The molecule has 1 heterocycles. The van der Waals surface area contributed by atoms with Crippen molar-refractivity contribution in [2.24, 2.45) is 0 Å². The third-order valence-corrected chi connectivity index (χ3v) is 4.55. The van der Waals surface area contributed by atoms with Crippen LogP contribution in [0.4, 0.5) is 0 Å². The van der Waals surface area contributed by atoms with Gasteiger partial charge in [-0.1, -0.05) is 52.5 Å². The molecule has 2 nitrogen and oxygen atoms in total. The smallest absolute Gasteiger partial charge is 0.0999 e. The Kier molecular flexibility index (Phi) is 4.99. The summed E-state index contributed by atoms with van der Waals surface area (Å²) in [5, 5.41) is 11.5.